The monoisotopic (exact) mass is 426 g/mol. The van der Waals surface area contributed by atoms with Crippen molar-refractivity contribution >= 4 is 18.0 Å². The maximum Gasteiger partial charge on any atom is 0.364 e. The molecule has 0 atom stereocenters. The first kappa shape index (κ1) is 21.6. The van der Waals surface area contributed by atoms with Crippen LogP contribution in [0.1, 0.15) is 33.3 Å². The molecule has 0 aliphatic heterocycles. The summed E-state index contributed by atoms with van der Waals surface area (Å²) in [7, 11) is 1.53. The fourth-order valence-electron chi connectivity index (χ4n) is 2.46. The molecule has 10 heteroatoms. The maximum absolute atomic E-state index is 13.1. The first-order chi connectivity index (χ1) is 15.0. The summed E-state index contributed by atoms with van der Waals surface area (Å²) in [5.41, 5.74) is 0.753. The number of nitrogens with zero attached hydrogens (tertiary/aromatic N) is 4. The number of benzene rings is 2. The Morgan fingerprint density at radius 1 is 1.13 bits per heavy atom. The maximum atomic E-state index is 13.1. The zero-order chi connectivity index (χ0) is 22.2. The van der Waals surface area contributed by atoms with E-state index in [1.54, 1.807) is 31.2 Å². The highest BCUT2D eigenvalue weighted by atomic mass is 19.1. The van der Waals surface area contributed by atoms with Crippen molar-refractivity contribution in [3.63, 3.8) is 0 Å². The van der Waals surface area contributed by atoms with Gasteiger partial charge >= 0.3 is 5.97 Å². The highest BCUT2D eigenvalue weighted by Gasteiger charge is 2.24. The average molecular weight is 426 g/mol. The molecule has 0 saturated heterocycles. The first-order valence-corrected chi connectivity index (χ1v) is 9.24. The summed E-state index contributed by atoms with van der Waals surface area (Å²) in [4.78, 5) is 25.6. The summed E-state index contributed by atoms with van der Waals surface area (Å²) in [5.74, 6) is -1.04. The molecule has 1 aromatic heterocycles. The lowest BCUT2D eigenvalue weighted by atomic mass is 10.1. The molecule has 0 spiro atoms. The van der Waals surface area contributed by atoms with Crippen LogP contribution in [0.25, 0.3) is 0 Å². The van der Waals surface area contributed by atoms with E-state index in [9.17, 15) is 14.0 Å². The topological polar surface area (TPSA) is 105 Å². The van der Waals surface area contributed by atoms with Gasteiger partial charge in [-0.2, -0.15) is 5.10 Å². The van der Waals surface area contributed by atoms with Crippen molar-refractivity contribution < 1.29 is 28.2 Å². The second kappa shape index (κ2) is 10.1. The van der Waals surface area contributed by atoms with Crippen LogP contribution < -0.4 is 9.47 Å². The van der Waals surface area contributed by atoms with E-state index in [4.69, 9.17) is 14.2 Å². The molecule has 9 nitrogen and oxygen atoms in total. The molecule has 3 rings (SSSR count). The number of ketones is 1. The Balaban J connectivity index is 1.81. The molecule has 0 saturated carbocycles. The van der Waals surface area contributed by atoms with Gasteiger partial charge in [-0.25, -0.2) is 9.18 Å². The zero-order valence-corrected chi connectivity index (χ0v) is 16.8. The van der Waals surface area contributed by atoms with Gasteiger partial charge in [-0.05, 0) is 54.1 Å². The zero-order valence-electron chi connectivity index (χ0n) is 16.8. The van der Waals surface area contributed by atoms with Gasteiger partial charge in [0.1, 0.15) is 11.6 Å². The van der Waals surface area contributed by atoms with E-state index in [1.807, 2.05) is 0 Å². The molecule has 0 amide bonds. The lowest BCUT2D eigenvalue weighted by Gasteiger charge is -2.07. The summed E-state index contributed by atoms with van der Waals surface area (Å²) < 4.78 is 28.6. The molecule has 0 fully saturated rings. The number of methoxy groups -OCH3 is 1. The fraction of sp³-hybridized carbons (Fsp3) is 0.190. The van der Waals surface area contributed by atoms with Crippen LogP contribution in [-0.4, -0.2) is 53.4 Å². The Labute approximate surface area is 177 Å². The van der Waals surface area contributed by atoms with Gasteiger partial charge in [-0.15, -0.1) is 5.10 Å². The SMILES string of the molecule is CCOC(=O)c1nnn(/N=C/c2ccc(F)cc2)c1OCC(=O)c1ccc(OC)cc1. The number of carbonyl (C=O) groups is 2. The second-order valence-electron chi connectivity index (χ2n) is 6.09. The van der Waals surface area contributed by atoms with Crippen molar-refractivity contribution in [1.82, 2.24) is 15.1 Å². The number of Topliss-reactive ketones (excluding diaryl/α,β-unsaturated/α-hetero) is 1. The number of hydrogen-bond acceptors (Lipinski definition) is 8. The van der Waals surface area contributed by atoms with Crippen LogP contribution >= 0.6 is 0 Å². The van der Waals surface area contributed by atoms with Crippen molar-refractivity contribution in [1.29, 1.82) is 0 Å². The molecule has 0 bridgehead atoms. The third kappa shape index (κ3) is 5.50. The quantitative estimate of drug-likeness (QED) is 0.294. The third-order valence-corrected chi connectivity index (χ3v) is 4.02. The third-order valence-electron chi connectivity index (χ3n) is 4.02. The molecule has 31 heavy (non-hydrogen) atoms. The Morgan fingerprint density at radius 3 is 2.48 bits per heavy atom. The minimum atomic E-state index is -0.766. The smallest absolute Gasteiger partial charge is 0.364 e. The van der Waals surface area contributed by atoms with E-state index >= 15 is 0 Å². The first-order valence-electron chi connectivity index (χ1n) is 9.24. The Hall–Kier alpha value is -4.08. The number of esters is 1. The predicted octanol–water partition coefficient (Wildman–Crippen LogP) is 2.75. The molecule has 3 aromatic rings. The summed E-state index contributed by atoms with van der Waals surface area (Å²) in [6, 6.07) is 12.1. The van der Waals surface area contributed by atoms with Crippen molar-refractivity contribution in [3.05, 3.63) is 71.2 Å². The van der Waals surface area contributed by atoms with E-state index in [0.717, 1.165) is 4.79 Å². The van der Waals surface area contributed by atoms with Crippen LogP contribution in [0.3, 0.4) is 0 Å². The number of carbonyl (C=O) groups excluding carboxylic acids is 2. The summed E-state index contributed by atoms with van der Waals surface area (Å²) in [6.45, 7) is 1.37. The Kier molecular flexibility index (Phi) is 7.05. The van der Waals surface area contributed by atoms with Crippen LogP contribution in [0.4, 0.5) is 4.39 Å². The molecule has 0 N–H and O–H groups in total. The van der Waals surface area contributed by atoms with Gasteiger partial charge < -0.3 is 14.2 Å². The largest absolute Gasteiger partial charge is 0.497 e. The standard InChI is InChI=1S/C21H19FN4O5/c1-3-30-21(28)19-20(31-13-18(27)15-6-10-17(29-2)11-7-15)26(25-24-19)23-12-14-4-8-16(22)9-5-14/h4-12H,3,13H2,1-2H3/b23-12+. The molecule has 0 unspecified atom stereocenters. The van der Waals surface area contributed by atoms with Gasteiger partial charge in [0.2, 0.25) is 5.69 Å². The van der Waals surface area contributed by atoms with E-state index in [1.165, 1.54) is 37.6 Å². The minimum Gasteiger partial charge on any atom is -0.497 e. The number of ether oxygens (including phenoxy) is 3. The van der Waals surface area contributed by atoms with Crippen LogP contribution in [0, 0.1) is 5.82 Å². The molecule has 2 aromatic carbocycles. The normalized spacial score (nSPS) is 10.8. The van der Waals surface area contributed by atoms with Crippen molar-refractivity contribution in [3.8, 4) is 11.6 Å². The number of hydrogen-bond donors (Lipinski definition) is 0. The van der Waals surface area contributed by atoms with Crippen LogP contribution in [0.2, 0.25) is 0 Å². The van der Waals surface area contributed by atoms with E-state index in [0.29, 0.717) is 16.9 Å². The van der Waals surface area contributed by atoms with E-state index < -0.39 is 12.6 Å². The molecular formula is C21H19FN4O5. The molecule has 160 valence electrons. The van der Waals surface area contributed by atoms with Gasteiger partial charge in [0.05, 0.1) is 19.9 Å². The van der Waals surface area contributed by atoms with Crippen molar-refractivity contribution in [2.45, 2.75) is 6.92 Å². The highest BCUT2D eigenvalue weighted by Crippen LogP contribution is 2.18. The fourth-order valence-corrected chi connectivity index (χ4v) is 2.46. The van der Waals surface area contributed by atoms with Gasteiger partial charge in [0.25, 0.3) is 5.88 Å². The number of aromatic nitrogens is 3. The molecular weight excluding hydrogens is 407 g/mol. The van der Waals surface area contributed by atoms with Crippen LogP contribution in [0.5, 0.6) is 11.6 Å². The van der Waals surface area contributed by atoms with Gasteiger partial charge in [0, 0.05) is 5.56 Å². The molecule has 0 aliphatic rings. The Bertz CT molecular complexity index is 1080. The second-order valence-corrected chi connectivity index (χ2v) is 6.09. The minimum absolute atomic E-state index is 0.120. The van der Waals surface area contributed by atoms with Gasteiger partial charge in [-0.1, -0.05) is 16.9 Å². The van der Waals surface area contributed by atoms with E-state index in [2.05, 4.69) is 15.4 Å². The lowest BCUT2D eigenvalue weighted by Crippen LogP contribution is -2.15. The number of halogens is 1. The van der Waals surface area contributed by atoms with Crippen LogP contribution in [0.15, 0.2) is 53.6 Å². The lowest BCUT2D eigenvalue weighted by molar-refractivity contribution is 0.0512. The molecule has 0 radical (unpaired) electrons. The molecule has 0 aliphatic carbocycles. The molecule has 1 heterocycles. The van der Waals surface area contributed by atoms with Crippen molar-refractivity contribution in [2.75, 3.05) is 20.3 Å². The highest BCUT2D eigenvalue weighted by molar-refractivity contribution is 5.97. The average Bonchev–Trinajstić information content (AvgIpc) is 3.20. The van der Waals surface area contributed by atoms with E-state index in [-0.39, 0.29) is 29.8 Å². The van der Waals surface area contributed by atoms with Gasteiger partial charge in [-0.3, -0.25) is 4.79 Å². The Morgan fingerprint density at radius 2 is 1.84 bits per heavy atom. The van der Waals surface area contributed by atoms with Gasteiger partial charge in [0.15, 0.2) is 12.4 Å². The predicted molar refractivity (Wildman–Crippen MR) is 108 cm³/mol. The summed E-state index contributed by atoms with van der Waals surface area (Å²) >= 11 is 0. The number of rotatable bonds is 9. The van der Waals surface area contributed by atoms with Crippen molar-refractivity contribution in [2.24, 2.45) is 5.10 Å². The van der Waals surface area contributed by atoms with Crippen LogP contribution in [-0.2, 0) is 4.74 Å². The summed E-state index contributed by atoms with van der Waals surface area (Å²) in [5, 5.41) is 11.6. The summed E-state index contributed by atoms with van der Waals surface area (Å²) in [6.07, 6.45) is 1.38.